The normalized spacial score (nSPS) is 34.1. The van der Waals surface area contributed by atoms with Gasteiger partial charge in [0.15, 0.2) is 0 Å². The van der Waals surface area contributed by atoms with Gasteiger partial charge in [0.1, 0.15) is 5.75 Å². The number of fused-ring (bicyclic) bond motifs is 4. The maximum absolute atomic E-state index is 9.81. The first-order valence-corrected chi connectivity index (χ1v) is 7.62. The molecule has 0 saturated carbocycles. The lowest BCUT2D eigenvalue weighted by molar-refractivity contribution is 0.0315. The summed E-state index contributed by atoms with van der Waals surface area (Å²) in [5, 5.41) is 9.81. The molecule has 1 saturated heterocycles. The molecule has 1 aromatic carbocycles. The molecule has 3 atom stereocenters. The van der Waals surface area contributed by atoms with Crippen LogP contribution in [0.15, 0.2) is 18.2 Å². The molecule has 0 spiro atoms. The van der Waals surface area contributed by atoms with E-state index in [2.05, 4.69) is 31.7 Å². The second kappa shape index (κ2) is 4.52. The van der Waals surface area contributed by atoms with E-state index >= 15 is 0 Å². The number of phenols is 1. The summed E-state index contributed by atoms with van der Waals surface area (Å²) in [5.74, 6) is 1.09. The summed E-state index contributed by atoms with van der Waals surface area (Å²) in [7, 11) is 0. The first kappa shape index (κ1) is 13.0. The van der Waals surface area contributed by atoms with Crippen LogP contribution < -0.4 is 0 Å². The molecule has 2 heteroatoms. The SMILES string of the molecule is CCCN1CC[C@]2(C)c3cc(O)ccc3C[C@H]1[C@@H]2C. The lowest BCUT2D eigenvalue weighted by Crippen LogP contribution is -2.57. The van der Waals surface area contributed by atoms with Crippen LogP contribution in [0.3, 0.4) is 0 Å². The molecular formula is C17H25NO. The van der Waals surface area contributed by atoms with Crippen molar-refractivity contribution in [2.45, 2.75) is 51.5 Å². The summed E-state index contributed by atoms with van der Waals surface area (Å²) in [6.45, 7) is 9.49. The molecule has 1 fully saturated rings. The second-order valence-electron chi connectivity index (χ2n) is 6.61. The van der Waals surface area contributed by atoms with E-state index in [4.69, 9.17) is 0 Å². The fraction of sp³-hybridized carbons (Fsp3) is 0.647. The quantitative estimate of drug-likeness (QED) is 0.880. The smallest absolute Gasteiger partial charge is 0.115 e. The van der Waals surface area contributed by atoms with Crippen molar-refractivity contribution in [2.75, 3.05) is 13.1 Å². The minimum Gasteiger partial charge on any atom is -0.508 e. The predicted molar refractivity (Wildman–Crippen MR) is 78.6 cm³/mol. The van der Waals surface area contributed by atoms with Crippen molar-refractivity contribution in [1.29, 1.82) is 0 Å². The van der Waals surface area contributed by atoms with E-state index in [1.807, 2.05) is 12.1 Å². The van der Waals surface area contributed by atoms with Crippen LogP contribution in [0.5, 0.6) is 5.75 Å². The van der Waals surface area contributed by atoms with Crippen LogP contribution in [0, 0.1) is 5.92 Å². The van der Waals surface area contributed by atoms with Crippen molar-refractivity contribution >= 4 is 0 Å². The number of aromatic hydroxyl groups is 1. The molecule has 19 heavy (non-hydrogen) atoms. The molecule has 1 aliphatic carbocycles. The van der Waals surface area contributed by atoms with Gasteiger partial charge in [0, 0.05) is 6.04 Å². The summed E-state index contributed by atoms with van der Waals surface area (Å²) < 4.78 is 0. The van der Waals surface area contributed by atoms with E-state index in [1.54, 1.807) is 0 Å². The predicted octanol–water partition coefficient (Wildman–Crippen LogP) is 3.33. The summed E-state index contributed by atoms with van der Waals surface area (Å²) in [6, 6.07) is 6.67. The van der Waals surface area contributed by atoms with Crippen molar-refractivity contribution in [1.82, 2.24) is 4.90 Å². The molecular weight excluding hydrogens is 234 g/mol. The van der Waals surface area contributed by atoms with E-state index in [-0.39, 0.29) is 5.41 Å². The van der Waals surface area contributed by atoms with Gasteiger partial charge in [0.2, 0.25) is 0 Å². The molecule has 0 amide bonds. The first-order chi connectivity index (χ1) is 9.06. The Labute approximate surface area is 116 Å². The Kier molecular flexibility index (Phi) is 3.09. The minimum absolute atomic E-state index is 0.237. The van der Waals surface area contributed by atoms with Gasteiger partial charge >= 0.3 is 0 Å². The molecule has 1 N–H and O–H groups in total. The third-order valence-electron chi connectivity index (χ3n) is 5.62. The largest absolute Gasteiger partial charge is 0.508 e. The highest BCUT2D eigenvalue weighted by Gasteiger charge is 2.48. The maximum Gasteiger partial charge on any atom is 0.115 e. The number of nitrogens with zero attached hydrogens (tertiary/aromatic N) is 1. The molecule has 0 unspecified atom stereocenters. The Morgan fingerprint density at radius 2 is 2.21 bits per heavy atom. The number of phenolic OH excluding ortho intramolecular Hbond substituents is 1. The Morgan fingerprint density at radius 3 is 2.95 bits per heavy atom. The van der Waals surface area contributed by atoms with Crippen LogP contribution >= 0.6 is 0 Å². The van der Waals surface area contributed by atoms with Crippen LogP contribution in [0.1, 0.15) is 44.7 Å². The minimum atomic E-state index is 0.237. The fourth-order valence-corrected chi connectivity index (χ4v) is 4.26. The van der Waals surface area contributed by atoms with E-state index in [1.165, 1.54) is 37.1 Å². The van der Waals surface area contributed by atoms with Gasteiger partial charge in [0.25, 0.3) is 0 Å². The van der Waals surface area contributed by atoms with E-state index < -0.39 is 0 Å². The Bertz CT molecular complexity index is 484. The van der Waals surface area contributed by atoms with E-state index in [9.17, 15) is 5.11 Å². The van der Waals surface area contributed by atoms with Gasteiger partial charge in [-0.15, -0.1) is 0 Å². The zero-order valence-corrected chi connectivity index (χ0v) is 12.3. The van der Waals surface area contributed by atoms with Gasteiger partial charge in [-0.3, -0.25) is 4.90 Å². The van der Waals surface area contributed by atoms with Crippen LogP contribution in [0.2, 0.25) is 0 Å². The molecule has 2 bridgehead atoms. The number of hydrogen-bond acceptors (Lipinski definition) is 2. The van der Waals surface area contributed by atoms with Crippen LogP contribution in [-0.4, -0.2) is 29.1 Å². The van der Waals surface area contributed by atoms with Crippen molar-refractivity contribution in [3.63, 3.8) is 0 Å². The molecule has 0 radical (unpaired) electrons. The van der Waals surface area contributed by atoms with Crippen molar-refractivity contribution in [2.24, 2.45) is 5.92 Å². The zero-order chi connectivity index (χ0) is 13.6. The molecule has 1 heterocycles. The third kappa shape index (κ3) is 1.88. The van der Waals surface area contributed by atoms with Crippen molar-refractivity contribution in [3.05, 3.63) is 29.3 Å². The Balaban J connectivity index is 2.03. The average Bonchev–Trinajstić information content (AvgIpc) is 2.38. The maximum atomic E-state index is 9.81. The zero-order valence-electron chi connectivity index (χ0n) is 12.3. The van der Waals surface area contributed by atoms with Crippen molar-refractivity contribution in [3.8, 4) is 5.75 Å². The summed E-state index contributed by atoms with van der Waals surface area (Å²) in [5.41, 5.74) is 3.08. The molecule has 3 rings (SSSR count). The number of benzene rings is 1. The highest BCUT2D eigenvalue weighted by atomic mass is 16.3. The number of piperidine rings is 1. The summed E-state index contributed by atoms with van der Waals surface area (Å²) >= 11 is 0. The average molecular weight is 259 g/mol. The van der Waals surface area contributed by atoms with Gasteiger partial charge in [-0.25, -0.2) is 0 Å². The van der Waals surface area contributed by atoms with Crippen molar-refractivity contribution < 1.29 is 5.11 Å². The molecule has 1 aliphatic heterocycles. The van der Waals surface area contributed by atoms with Crippen LogP contribution in [-0.2, 0) is 11.8 Å². The number of hydrogen-bond donors (Lipinski definition) is 1. The lowest BCUT2D eigenvalue weighted by Gasteiger charge is -2.54. The topological polar surface area (TPSA) is 23.5 Å². The molecule has 0 aromatic heterocycles. The Morgan fingerprint density at radius 1 is 1.42 bits per heavy atom. The second-order valence-corrected chi connectivity index (χ2v) is 6.61. The highest BCUT2D eigenvalue weighted by Crippen LogP contribution is 2.49. The lowest BCUT2D eigenvalue weighted by atomic mass is 9.59. The first-order valence-electron chi connectivity index (χ1n) is 7.62. The molecule has 104 valence electrons. The van der Waals surface area contributed by atoms with Gasteiger partial charge in [-0.1, -0.05) is 26.8 Å². The van der Waals surface area contributed by atoms with Crippen LogP contribution in [0.25, 0.3) is 0 Å². The van der Waals surface area contributed by atoms with Gasteiger partial charge in [-0.2, -0.15) is 0 Å². The third-order valence-corrected chi connectivity index (χ3v) is 5.62. The van der Waals surface area contributed by atoms with Gasteiger partial charge < -0.3 is 5.11 Å². The van der Waals surface area contributed by atoms with Crippen LogP contribution in [0.4, 0.5) is 0 Å². The molecule has 1 aromatic rings. The van der Waals surface area contributed by atoms with Gasteiger partial charge in [0.05, 0.1) is 0 Å². The van der Waals surface area contributed by atoms with E-state index in [0.717, 1.165) is 6.42 Å². The molecule has 2 aliphatic rings. The summed E-state index contributed by atoms with van der Waals surface area (Å²) in [6.07, 6.45) is 3.59. The summed E-state index contributed by atoms with van der Waals surface area (Å²) in [4.78, 5) is 2.68. The Hall–Kier alpha value is -1.02. The standard InChI is InChI=1S/C17H25NO/c1-4-8-18-9-7-17(3)12(2)16(18)10-13-5-6-14(19)11-15(13)17/h5-6,11-12,16,19H,4,7-10H2,1-3H3/t12-,16-,17-/m0/s1. The molecule has 2 nitrogen and oxygen atoms in total. The van der Waals surface area contributed by atoms with Gasteiger partial charge in [-0.05, 0) is 66.9 Å². The number of rotatable bonds is 2. The monoisotopic (exact) mass is 259 g/mol. The van der Waals surface area contributed by atoms with E-state index in [0.29, 0.717) is 17.7 Å². The number of likely N-dealkylation sites (tertiary alicyclic amines) is 1. The fourth-order valence-electron chi connectivity index (χ4n) is 4.26. The highest BCUT2D eigenvalue weighted by molar-refractivity contribution is 5.44.